The predicted molar refractivity (Wildman–Crippen MR) is 73.4 cm³/mol. The molecule has 1 amide bonds. The molecule has 20 heavy (non-hydrogen) atoms. The lowest BCUT2D eigenvalue weighted by molar-refractivity contribution is -0.122. The van der Waals surface area contributed by atoms with Crippen LogP contribution in [0.5, 0.6) is 0 Å². The monoisotopic (exact) mass is 279 g/mol. The van der Waals surface area contributed by atoms with E-state index in [1.807, 2.05) is 0 Å². The summed E-state index contributed by atoms with van der Waals surface area (Å²) in [6.45, 7) is 3.65. The second-order valence-electron chi connectivity index (χ2n) is 5.24. The smallest absolute Gasteiger partial charge is 0.341 e. The zero-order valence-electron chi connectivity index (χ0n) is 12.2. The minimum atomic E-state index is -0.414. The molecule has 0 spiro atoms. The molecule has 1 aromatic heterocycles. The summed E-state index contributed by atoms with van der Waals surface area (Å²) >= 11 is 0. The molecule has 6 nitrogen and oxygen atoms in total. The van der Waals surface area contributed by atoms with E-state index in [0.29, 0.717) is 23.0 Å². The molecule has 1 N–H and O–H groups in total. The molecule has 1 saturated carbocycles. The topological polar surface area (TPSA) is 73.2 Å². The van der Waals surface area contributed by atoms with Gasteiger partial charge in [0, 0.05) is 6.04 Å². The van der Waals surface area contributed by atoms with E-state index in [2.05, 4.69) is 10.4 Å². The van der Waals surface area contributed by atoms with Gasteiger partial charge in [-0.2, -0.15) is 5.10 Å². The number of rotatable bonds is 4. The third-order valence-corrected chi connectivity index (χ3v) is 3.78. The fraction of sp³-hybridized carbons (Fsp3) is 0.643. The Kier molecular flexibility index (Phi) is 4.42. The maximum Gasteiger partial charge on any atom is 0.341 e. The Hall–Kier alpha value is -1.85. The highest BCUT2D eigenvalue weighted by molar-refractivity contribution is 5.91. The molecule has 1 heterocycles. The van der Waals surface area contributed by atoms with Gasteiger partial charge in [0.15, 0.2) is 0 Å². The molecule has 0 saturated heterocycles. The molecule has 2 rings (SSSR count). The van der Waals surface area contributed by atoms with E-state index < -0.39 is 5.97 Å². The van der Waals surface area contributed by atoms with Crippen molar-refractivity contribution in [3.63, 3.8) is 0 Å². The van der Waals surface area contributed by atoms with Crippen LogP contribution in [0, 0.1) is 13.8 Å². The largest absolute Gasteiger partial charge is 0.465 e. The van der Waals surface area contributed by atoms with E-state index in [-0.39, 0.29) is 12.5 Å². The Morgan fingerprint density at radius 2 is 2.00 bits per heavy atom. The van der Waals surface area contributed by atoms with Gasteiger partial charge >= 0.3 is 5.97 Å². The van der Waals surface area contributed by atoms with Crippen LogP contribution in [-0.4, -0.2) is 34.8 Å². The third kappa shape index (κ3) is 3.00. The van der Waals surface area contributed by atoms with Gasteiger partial charge in [-0.05, 0) is 26.7 Å². The van der Waals surface area contributed by atoms with Gasteiger partial charge < -0.3 is 10.1 Å². The SMILES string of the molecule is COC(=O)c1c(C)nn(CC(=O)NC2CCCC2)c1C. The highest BCUT2D eigenvalue weighted by Crippen LogP contribution is 2.18. The third-order valence-electron chi connectivity index (χ3n) is 3.78. The lowest BCUT2D eigenvalue weighted by Gasteiger charge is -2.12. The average molecular weight is 279 g/mol. The molecule has 1 fully saturated rings. The number of aryl methyl sites for hydroxylation is 1. The number of carbonyl (C=O) groups excluding carboxylic acids is 2. The lowest BCUT2D eigenvalue weighted by Crippen LogP contribution is -2.35. The maximum absolute atomic E-state index is 12.0. The number of ether oxygens (including phenoxy) is 1. The van der Waals surface area contributed by atoms with E-state index >= 15 is 0 Å². The molecule has 1 aliphatic rings. The molecule has 1 aromatic rings. The zero-order chi connectivity index (χ0) is 14.7. The number of methoxy groups -OCH3 is 1. The summed E-state index contributed by atoms with van der Waals surface area (Å²) in [5.41, 5.74) is 1.69. The van der Waals surface area contributed by atoms with Gasteiger partial charge in [-0.25, -0.2) is 4.79 Å². The van der Waals surface area contributed by atoms with Gasteiger partial charge in [0.2, 0.25) is 5.91 Å². The number of hydrogen-bond donors (Lipinski definition) is 1. The Bertz CT molecular complexity index is 516. The number of carbonyl (C=O) groups is 2. The normalized spacial score (nSPS) is 15.3. The number of nitrogens with zero attached hydrogens (tertiary/aromatic N) is 2. The molecule has 6 heteroatoms. The Balaban J connectivity index is 2.05. The number of amides is 1. The first-order chi connectivity index (χ1) is 9.52. The van der Waals surface area contributed by atoms with E-state index in [1.165, 1.54) is 20.0 Å². The quantitative estimate of drug-likeness (QED) is 0.844. The van der Waals surface area contributed by atoms with Crippen LogP contribution in [0.4, 0.5) is 0 Å². The van der Waals surface area contributed by atoms with Crippen LogP contribution >= 0.6 is 0 Å². The highest BCUT2D eigenvalue weighted by atomic mass is 16.5. The van der Waals surface area contributed by atoms with Crippen molar-refractivity contribution in [2.75, 3.05) is 7.11 Å². The second kappa shape index (κ2) is 6.07. The average Bonchev–Trinajstić information content (AvgIpc) is 2.98. The summed E-state index contributed by atoms with van der Waals surface area (Å²) < 4.78 is 6.29. The Morgan fingerprint density at radius 3 is 2.60 bits per heavy atom. The summed E-state index contributed by atoms with van der Waals surface area (Å²) in [5, 5.41) is 7.26. The molecule has 0 aliphatic heterocycles. The zero-order valence-corrected chi connectivity index (χ0v) is 12.2. The first-order valence-electron chi connectivity index (χ1n) is 6.94. The summed E-state index contributed by atoms with van der Waals surface area (Å²) in [6.07, 6.45) is 4.46. The second-order valence-corrected chi connectivity index (χ2v) is 5.24. The summed E-state index contributed by atoms with van der Waals surface area (Å²) in [6, 6.07) is 0.291. The molecular formula is C14H21N3O3. The van der Waals surface area contributed by atoms with Crippen molar-refractivity contribution >= 4 is 11.9 Å². The van der Waals surface area contributed by atoms with Gasteiger partial charge in [0.25, 0.3) is 0 Å². The molecule has 0 bridgehead atoms. The first kappa shape index (κ1) is 14.6. The van der Waals surface area contributed by atoms with Crippen LogP contribution < -0.4 is 5.32 Å². The van der Waals surface area contributed by atoms with Crippen LogP contribution in [0.1, 0.15) is 47.4 Å². The van der Waals surface area contributed by atoms with Crippen molar-refractivity contribution in [3.8, 4) is 0 Å². The van der Waals surface area contributed by atoms with E-state index in [9.17, 15) is 9.59 Å². The van der Waals surface area contributed by atoms with Crippen LogP contribution in [0.25, 0.3) is 0 Å². The molecule has 1 aliphatic carbocycles. The summed E-state index contributed by atoms with van der Waals surface area (Å²) in [7, 11) is 1.34. The fourth-order valence-electron chi connectivity index (χ4n) is 2.73. The molecule has 0 radical (unpaired) electrons. The van der Waals surface area contributed by atoms with Crippen molar-refractivity contribution in [1.82, 2.24) is 15.1 Å². The van der Waals surface area contributed by atoms with Crippen LogP contribution in [0.2, 0.25) is 0 Å². The minimum absolute atomic E-state index is 0.0566. The van der Waals surface area contributed by atoms with Gasteiger partial charge in [-0.1, -0.05) is 12.8 Å². The fourth-order valence-corrected chi connectivity index (χ4v) is 2.73. The van der Waals surface area contributed by atoms with Crippen molar-refractivity contribution in [2.45, 2.75) is 52.1 Å². The van der Waals surface area contributed by atoms with Crippen LogP contribution in [0.15, 0.2) is 0 Å². The van der Waals surface area contributed by atoms with Crippen molar-refractivity contribution in [1.29, 1.82) is 0 Å². The summed E-state index contributed by atoms with van der Waals surface area (Å²) in [5.74, 6) is -0.471. The van der Waals surface area contributed by atoms with E-state index in [4.69, 9.17) is 4.74 Å². The van der Waals surface area contributed by atoms with Crippen molar-refractivity contribution in [3.05, 3.63) is 17.0 Å². The van der Waals surface area contributed by atoms with Crippen LogP contribution in [-0.2, 0) is 16.1 Å². The minimum Gasteiger partial charge on any atom is -0.465 e. The lowest BCUT2D eigenvalue weighted by atomic mass is 10.2. The van der Waals surface area contributed by atoms with Gasteiger partial charge in [0.05, 0.1) is 18.5 Å². The molecule has 0 unspecified atom stereocenters. The first-order valence-corrected chi connectivity index (χ1v) is 6.94. The standard InChI is InChI=1S/C14H21N3O3/c1-9-13(14(19)20-3)10(2)17(16-9)8-12(18)15-11-6-4-5-7-11/h11H,4-8H2,1-3H3,(H,15,18). The number of hydrogen-bond acceptors (Lipinski definition) is 4. The van der Waals surface area contributed by atoms with E-state index in [1.54, 1.807) is 18.5 Å². The van der Waals surface area contributed by atoms with Gasteiger partial charge in [-0.15, -0.1) is 0 Å². The number of aromatic nitrogens is 2. The van der Waals surface area contributed by atoms with Crippen molar-refractivity contribution in [2.24, 2.45) is 0 Å². The molecule has 0 aromatic carbocycles. The van der Waals surface area contributed by atoms with Gasteiger partial charge in [0.1, 0.15) is 12.1 Å². The number of esters is 1. The van der Waals surface area contributed by atoms with Crippen molar-refractivity contribution < 1.29 is 14.3 Å². The van der Waals surface area contributed by atoms with E-state index in [0.717, 1.165) is 12.8 Å². The summed E-state index contributed by atoms with van der Waals surface area (Å²) in [4.78, 5) is 23.6. The Morgan fingerprint density at radius 1 is 1.35 bits per heavy atom. The molecule has 0 atom stereocenters. The van der Waals surface area contributed by atoms with Gasteiger partial charge in [-0.3, -0.25) is 9.48 Å². The molecule has 110 valence electrons. The molecular weight excluding hydrogens is 258 g/mol. The maximum atomic E-state index is 12.0. The number of nitrogens with one attached hydrogen (secondary N) is 1. The predicted octanol–water partition coefficient (Wildman–Crippen LogP) is 1.35. The highest BCUT2D eigenvalue weighted by Gasteiger charge is 2.22. The Labute approximate surface area is 118 Å². The van der Waals surface area contributed by atoms with Crippen LogP contribution in [0.3, 0.4) is 0 Å².